The maximum absolute atomic E-state index is 11.8. The maximum Gasteiger partial charge on any atom is 0.224 e. The molecule has 0 radical (unpaired) electrons. The van der Waals surface area contributed by atoms with Crippen LogP contribution in [0.15, 0.2) is 48.5 Å². The number of anilines is 2. The number of para-hydroxylation sites is 1. The van der Waals surface area contributed by atoms with Gasteiger partial charge in [-0.3, -0.25) is 4.79 Å². The van der Waals surface area contributed by atoms with Gasteiger partial charge < -0.3 is 14.8 Å². The number of hydrogen-bond donors (Lipinski definition) is 1. The van der Waals surface area contributed by atoms with Crippen molar-refractivity contribution in [2.75, 3.05) is 16.8 Å². The summed E-state index contributed by atoms with van der Waals surface area (Å²) in [6, 6.07) is 16.5. The van der Waals surface area contributed by atoms with Gasteiger partial charge in [0, 0.05) is 30.9 Å². The normalized spacial score (nSPS) is 13.7. The van der Waals surface area contributed by atoms with Crippen molar-refractivity contribution in [1.29, 1.82) is 0 Å². The van der Waals surface area contributed by atoms with E-state index >= 15 is 0 Å². The number of fused-ring (bicyclic) bond motifs is 3. The highest BCUT2D eigenvalue weighted by molar-refractivity contribution is 5.93. The van der Waals surface area contributed by atoms with E-state index in [9.17, 15) is 4.79 Å². The number of nitrogens with one attached hydrogen (secondary N) is 1. The summed E-state index contributed by atoms with van der Waals surface area (Å²) in [6.07, 6.45) is 1.39. The first-order chi connectivity index (χ1) is 12.2. The molecule has 0 atom stereocenters. The van der Waals surface area contributed by atoms with Crippen molar-refractivity contribution in [2.24, 2.45) is 0 Å². The largest absolute Gasteiger partial charge is 0.362 e. The van der Waals surface area contributed by atoms with Crippen molar-refractivity contribution in [2.45, 2.75) is 32.9 Å². The molecule has 1 amide bonds. The third-order valence-electron chi connectivity index (χ3n) is 4.64. The Hall–Kier alpha value is -2.82. The van der Waals surface area contributed by atoms with Gasteiger partial charge in [-0.1, -0.05) is 25.1 Å². The van der Waals surface area contributed by atoms with Crippen LogP contribution in [0.3, 0.4) is 0 Å². The van der Waals surface area contributed by atoms with Gasteiger partial charge in [0.25, 0.3) is 0 Å². The average Bonchev–Trinajstić information content (AvgIpc) is 2.99. The minimum Gasteiger partial charge on any atom is -0.362 e. The molecule has 4 rings (SSSR count). The maximum atomic E-state index is 11.8. The van der Waals surface area contributed by atoms with Crippen LogP contribution >= 0.6 is 0 Å². The molecule has 0 spiro atoms. The number of nitrogens with zero attached hydrogens (tertiary/aromatic N) is 3. The van der Waals surface area contributed by atoms with Crippen molar-refractivity contribution >= 4 is 28.3 Å². The van der Waals surface area contributed by atoms with Crippen molar-refractivity contribution in [3.8, 4) is 0 Å². The van der Waals surface area contributed by atoms with Crippen LogP contribution in [0.5, 0.6) is 0 Å². The zero-order valence-electron chi connectivity index (χ0n) is 14.4. The van der Waals surface area contributed by atoms with E-state index in [1.165, 1.54) is 5.69 Å². The topological polar surface area (TPSA) is 50.2 Å². The monoisotopic (exact) mass is 334 g/mol. The van der Waals surface area contributed by atoms with E-state index in [-0.39, 0.29) is 5.91 Å². The smallest absolute Gasteiger partial charge is 0.224 e. The van der Waals surface area contributed by atoms with Crippen molar-refractivity contribution < 1.29 is 4.79 Å². The highest BCUT2D eigenvalue weighted by Crippen LogP contribution is 2.26. The number of amides is 1. The lowest BCUT2D eigenvalue weighted by Crippen LogP contribution is -2.33. The molecule has 0 saturated carbocycles. The molecule has 1 N–H and O–H groups in total. The minimum atomic E-state index is 0.0566. The van der Waals surface area contributed by atoms with Crippen LogP contribution in [-0.4, -0.2) is 22.0 Å². The van der Waals surface area contributed by atoms with Crippen LogP contribution in [0.1, 0.15) is 25.6 Å². The summed E-state index contributed by atoms with van der Waals surface area (Å²) in [7, 11) is 0. The number of benzene rings is 2. The van der Waals surface area contributed by atoms with E-state index < -0.39 is 0 Å². The van der Waals surface area contributed by atoms with Gasteiger partial charge in [-0.05, 0) is 36.8 Å². The molecule has 0 fully saturated rings. The molecule has 1 aromatic heterocycles. The Labute approximate surface area is 147 Å². The van der Waals surface area contributed by atoms with E-state index in [4.69, 9.17) is 4.98 Å². The lowest BCUT2D eigenvalue weighted by Gasteiger charge is -2.29. The van der Waals surface area contributed by atoms with Gasteiger partial charge in [0.05, 0.1) is 17.6 Å². The molecule has 3 aromatic rings. The average molecular weight is 334 g/mol. The fourth-order valence-corrected chi connectivity index (χ4v) is 3.41. The predicted molar refractivity (Wildman–Crippen MR) is 101 cm³/mol. The summed E-state index contributed by atoms with van der Waals surface area (Å²) in [5, 5.41) is 2.95. The summed E-state index contributed by atoms with van der Waals surface area (Å²) in [6.45, 7) is 4.70. The summed E-state index contributed by atoms with van der Waals surface area (Å²) in [5.41, 5.74) is 4.13. The molecule has 0 bridgehead atoms. The SMILES string of the molecule is CCCC(=O)Nc1ccc2c(c1)nc1n2CCN(c2ccccc2)C1. The van der Waals surface area contributed by atoms with Crippen LogP contribution < -0.4 is 10.2 Å². The first-order valence-electron chi connectivity index (χ1n) is 8.83. The van der Waals surface area contributed by atoms with Crippen molar-refractivity contribution in [3.05, 3.63) is 54.4 Å². The lowest BCUT2D eigenvalue weighted by molar-refractivity contribution is -0.116. The molecule has 2 heterocycles. The number of aromatic nitrogens is 2. The van der Waals surface area contributed by atoms with Gasteiger partial charge >= 0.3 is 0 Å². The highest BCUT2D eigenvalue weighted by Gasteiger charge is 2.20. The molecule has 128 valence electrons. The molecule has 1 aliphatic rings. The molecule has 0 saturated heterocycles. The Morgan fingerprint density at radius 3 is 2.80 bits per heavy atom. The van der Waals surface area contributed by atoms with E-state index in [1.807, 2.05) is 25.1 Å². The summed E-state index contributed by atoms with van der Waals surface area (Å²) in [5.74, 6) is 1.13. The van der Waals surface area contributed by atoms with Crippen molar-refractivity contribution in [1.82, 2.24) is 9.55 Å². The summed E-state index contributed by atoms with van der Waals surface area (Å²) >= 11 is 0. The highest BCUT2D eigenvalue weighted by atomic mass is 16.1. The second-order valence-corrected chi connectivity index (χ2v) is 6.44. The van der Waals surface area contributed by atoms with Gasteiger partial charge in [0.1, 0.15) is 5.82 Å². The summed E-state index contributed by atoms with van der Waals surface area (Å²) in [4.78, 5) is 19.0. The molecule has 25 heavy (non-hydrogen) atoms. The van der Waals surface area contributed by atoms with E-state index in [2.05, 4.69) is 45.1 Å². The Bertz CT molecular complexity index is 901. The standard InChI is InChI=1S/C20H22N4O/c1-2-6-20(25)21-15-9-10-18-17(13-15)22-19-14-23(11-12-24(18)19)16-7-4-3-5-8-16/h3-5,7-10,13H,2,6,11-12,14H2,1H3,(H,21,25). The molecule has 5 heteroatoms. The van der Waals surface area contributed by atoms with Crippen molar-refractivity contribution in [3.63, 3.8) is 0 Å². The predicted octanol–water partition coefficient (Wildman–Crippen LogP) is 3.80. The molecule has 0 aliphatic carbocycles. The zero-order valence-corrected chi connectivity index (χ0v) is 14.4. The lowest BCUT2D eigenvalue weighted by atomic mass is 10.2. The second-order valence-electron chi connectivity index (χ2n) is 6.44. The molecule has 0 unspecified atom stereocenters. The number of hydrogen-bond acceptors (Lipinski definition) is 3. The first-order valence-corrected chi connectivity index (χ1v) is 8.83. The molecule has 5 nitrogen and oxygen atoms in total. The third-order valence-corrected chi connectivity index (χ3v) is 4.64. The second kappa shape index (κ2) is 6.59. The van der Waals surface area contributed by atoms with E-state index in [0.717, 1.165) is 48.6 Å². The third kappa shape index (κ3) is 3.09. The number of imidazole rings is 1. The fraction of sp³-hybridized carbons (Fsp3) is 0.300. The van der Waals surface area contributed by atoms with Gasteiger partial charge in [-0.15, -0.1) is 0 Å². The summed E-state index contributed by atoms with van der Waals surface area (Å²) < 4.78 is 2.28. The van der Waals surface area contributed by atoms with E-state index in [1.54, 1.807) is 0 Å². The van der Waals surface area contributed by atoms with Gasteiger partial charge in [0.15, 0.2) is 0 Å². The minimum absolute atomic E-state index is 0.0566. The zero-order chi connectivity index (χ0) is 17.2. The Morgan fingerprint density at radius 1 is 1.16 bits per heavy atom. The van der Waals surface area contributed by atoms with Crippen LogP contribution in [0, 0.1) is 0 Å². The number of rotatable bonds is 4. The van der Waals surface area contributed by atoms with Crippen LogP contribution in [0.4, 0.5) is 11.4 Å². The quantitative estimate of drug-likeness (QED) is 0.789. The Balaban J connectivity index is 1.60. The first kappa shape index (κ1) is 15.7. The van der Waals surface area contributed by atoms with Gasteiger partial charge in [0.2, 0.25) is 5.91 Å². The van der Waals surface area contributed by atoms with Gasteiger partial charge in [-0.25, -0.2) is 4.98 Å². The molecule has 1 aliphatic heterocycles. The van der Waals surface area contributed by atoms with Crippen LogP contribution in [0.2, 0.25) is 0 Å². The van der Waals surface area contributed by atoms with Crippen LogP contribution in [-0.2, 0) is 17.9 Å². The number of carbonyl (C=O) groups is 1. The fourth-order valence-electron chi connectivity index (χ4n) is 3.41. The number of carbonyl (C=O) groups excluding carboxylic acids is 1. The molecular formula is C20H22N4O. The Morgan fingerprint density at radius 2 is 2.00 bits per heavy atom. The molecular weight excluding hydrogens is 312 g/mol. The van der Waals surface area contributed by atoms with Gasteiger partial charge in [-0.2, -0.15) is 0 Å². The van der Waals surface area contributed by atoms with E-state index in [0.29, 0.717) is 6.42 Å². The molecule has 2 aromatic carbocycles. The van der Waals surface area contributed by atoms with Crippen LogP contribution in [0.25, 0.3) is 11.0 Å². The Kier molecular flexibility index (Phi) is 4.14.